The average Bonchev–Trinajstić information content (AvgIpc) is 2.57. The number of carbonyl (C=O) groups is 1. The van der Waals surface area contributed by atoms with Crippen molar-refractivity contribution in [1.29, 1.82) is 0 Å². The average molecular weight is 187 g/mol. The summed E-state index contributed by atoms with van der Waals surface area (Å²) in [4.78, 5) is 11.8. The zero-order valence-corrected chi connectivity index (χ0v) is 7.99. The Bertz CT molecular complexity index is 386. The molecule has 3 rings (SSSR count). The molecule has 1 aliphatic heterocycles. The third kappa shape index (κ3) is 0.999. The molecule has 0 amide bonds. The molecule has 1 heterocycles. The summed E-state index contributed by atoms with van der Waals surface area (Å²) in [5.74, 6) is 0.554. The number of hydrogen-bond donors (Lipinski definition) is 1. The summed E-state index contributed by atoms with van der Waals surface area (Å²) in [7, 11) is 0. The molecular weight excluding hydrogens is 174 g/mol. The molecule has 0 unspecified atom stereocenters. The predicted molar refractivity (Wildman–Crippen MR) is 55.5 cm³/mol. The van der Waals surface area contributed by atoms with Gasteiger partial charge in [0.25, 0.3) is 0 Å². The maximum Gasteiger partial charge on any atom is 0.142 e. The molecule has 14 heavy (non-hydrogen) atoms. The van der Waals surface area contributed by atoms with E-state index in [1.165, 1.54) is 5.56 Å². The van der Waals surface area contributed by atoms with Crippen LogP contribution in [0.15, 0.2) is 24.3 Å². The highest BCUT2D eigenvalue weighted by atomic mass is 16.1. The molecule has 0 spiro atoms. The summed E-state index contributed by atoms with van der Waals surface area (Å²) in [6.07, 6.45) is 2.93. The molecule has 1 fully saturated rings. The largest absolute Gasteiger partial charge is 0.381 e. The molecule has 1 aromatic carbocycles. The van der Waals surface area contributed by atoms with Crippen LogP contribution in [0.5, 0.6) is 0 Å². The fourth-order valence-electron chi connectivity index (χ4n) is 2.69. The van der Waals surface area contributed by atoms with Crippen molar-refractivity contribution in [1.82, 2.24) is 0 Å². The van der Waals surface area contributed by atoms with Crippen LogP contribution in [0.2, 0.25) is 0 Å². The number of rotatable bonds is 0. The first-order valence-corrected chi connectivity index (χ1v) is 5.24. The van der Waals surface area contributed by atoms with E-state index in [1.54, 1.807) is 0 Å². The molecule has 0 saturated heterocycles. The molecule has 1 aliphatic carbocycles. The van der Waals surface area contributed by atoms with Crippen LogP contribution in [0, 0.1) is 0 Å². The highest BCUT2D eigenvalue weighted by Gasteiger charge is 2.38. The first kappa shape index (κ1) is 8.04. The molecule has 1 N–H and O–H groups in total. The van der Waals surface area contributed by atoms with Gasteiger partial charge in [-0.25, -0.2) is 0 Å². The fourth-order valence-corrected chi connectivity index (χ4v) is 2.69. The van der Waals surface area contributed by atoms with Crippen LogP contribution in [0.25, 0.3) is 0 Å². The van der Waals surface area contributed by atoms with Gasteiger partial charge in [0.15, 0.2) is 0 Å². The number of ketones is 1. The van der Waals surface area contributed by atoms with Gasteiger partial charge in [-0.3, -0.25) is 4.79 Å². The second-order valence-electron chi connectivity index (χ2n) is 4.17. The number of carbonyl (C=O) groups excluding carboxylic acids is 1. The van der Waals surface area contributed by atoms with Crippen LogP contribution < -0.4 is 5.32 Å². The molecule has 2 heteroatoms. The Kier molecular flexibility index (Phi) is 1.63. The smallest absolute Gasteiger partial charge is 0.142 e. The Morgan fingerprint density at radius 1 is 1.29 bits per heavy atom. The van der Waals surface area contributed by atoms with Crippen molar-refractivity contribution in [2.75, 3.05) is 5.32 Å². The number of nitrogens with one attached hydrogen (secondary N) is 1. The number of fused-ring (bicyclic) bond motifs is 3. The number of Topliss-reactive ketones (excluding diaryl/α,β-unsaturated/α-hetero) is 1. The minimum absolute atomic E-state index is 0.139. The monoisotopic (exact) mass is 187 g/mol. The van der Waals surface area contributed by atoms with Crippen LogP contribution in [-0.2, 0) is 4.79 Å². The van der Waals surface area contributed by atoms with Crippen molar-refractivity contribution >= 4 is 11.5 Å². The summed E-state index contributed by atoms with van der Waals surface area (Å²) in [5.41, 5.74) is 2.37. The topological polar surface area (TPSA) is 29.1 Å². The maximum absolute atomic E-state index is 11.8. The summed E-state index contributed by atoms with van der Waals surface area (Å²) in [6, 6.07) is 8.56. The molecule has 72 valence electrons. The van der Waals surface area contributed by atoms with Crippen molar-refractivity contribution in [2.45, 2.75) is 31.2 Å². The highest BCUT2D eigenvalue weighted by Crippen LogP contribution is 2.41. The zero-order chi connectivity index (χ0) is 9.54. The first-order chi connectivity index (χ1) is 6.86. The van der Waals surface area contributed by atoms with Gasteiger partial charge in [0.2, 0.25) is 0 Å². The lowest BCUT2D eigenvalue weighted by Gasteiger charge is -2.24. The lowest BCUT2D eigenvalue weighted by Crippen LogP contribution is -2.30. The van der Waals surface area contributed by atoms with Crippen LogP contribution in [0.3, 0.4) is 0 Å². The minimum atomic E-state index is 0.139. The first-order valence-electron chi connectivity index (χ1n) is 5.24. The van der Waals surface area contributed by atoms with Crippen molar-refractivity contribution in [2.24, 2.45) is 0 Å². The number of para-hydroxylation sites is 1. The van der Waals surface area contributed by atoms with Gasteiger partial charge >= 0.3 is 0 Å². The van der Waals surface area contributed by atoms with E-state index in [9.17, 15) is 4.79 Å². The van der Waals surface area contributed by atoms with Gasteiger partial charge in [0, 0.05) is 18.2 Å². The molecule has 1 saturated carbocycles. The van der Waals surface area contributed by atoms with E-state index >= 15 is 0 Å². The van der Waals surface area contributed by atoms with Gasteiger partial charge in [-0.2, -0.15) is 0 Å². The van der Waals surface area contributed by atoms with E-state index in [0.29, 0.717) is 11.8 Å². The maximum atomic E-state index is 11.8. The summed E-state index contributed by atoms with van der Waals surface area (Å²) >= 11 is 0. The highest BCUT2D eigenvalue weighted by molar-refractivity contribution is 5.91. The predicted octanol–water partition coefficient (Wildman–Crippen LogP) is 2.32. The Labute approximate surface area is 83.3 Å². The summed E-state index contributed by atoms with van der Waals surface area (Å²) in [6.45, 7) is 0. The van der Waals surface area contributed by atoms with E-state index in [0.717, 1.165) is 24.9 Å². The van der Waals surface area contributed by atoms with Gasteiger partial charge in [-0.1, -0.05) is 18.2 Å². The van der Waals surface area contributed by atoms with Crippen LogP contribution in [-0.4, -0.2) is 11.8 Å². The van der Waals surface area contributed by atoms with Gasteiger partial charge in [0.1, 0.15) is 5.78 Å². The van der Waals surface area contributed by atoms with Crippen molar-refractivity contribution in [3.8, 4) is 0 Å². The minimum Gasteiger partial charge on any atom is -0.381 e. The standard InChI is InChI=1S/C12H13NO/c14-11-7-3-6-10-12(11)8-4-1-2-5-9(8)13-10/h1-2,4-5,10,12-13H,3,6-7H2/t10-,12-/m0/s1. The van der Waals surface area contributed by atoms with Crippen molar-refractivity contribution in [3.05, 3.63) is 29.8 Å². The lowest BCUT2D eigenvalue weighted by molar-refractivity contribution is -0.121. The molecular formula is C12H13NO. The second kappa shape index (κ2) is 2.84. The van der Waals surface area contributed by atoms with Crippen LogP contribution in [0.4, 0.5) is 5.69 Å². The quantitative estimate of drug-likeness (QED) is 0.675. The molecule has 0 aromatic heterocycles. The Morgan fingerprint density at radius 2 is 2.14 bits per heavy atom. The Hall–Kier alpha value is -1.31. The summed E-state index contributed by atoms with van der Waals surface area (Å²) in [5, 5.41) is 3.45. The van der Waals surface area contributed by atoms with Gasteiger partial charge < -0.3 is 5.32 Å². The van der Waals surface area contributed by atoms with Gasteiger partial charge in [-0.15, -0.1) is 0 Å². The summed E-state index contributed by atoms with van der Waals surface area (Å²) < 4.78 is 0. The van der Waals surface area contributed by atoms with Crippen LogP contribution >= 0.6 is 0 Å². The fraction of sp³-hybridized carbons (Fsp3) is 0.417. The Balaban J connectivity index is 2.07. The molecule has 0 bridgehead atoms. The van der Waals surface area contributed by atoms with Crippen molar-refractivity contribution < 1.29 is 4.79 Å². The lowest BCUT2D eigenvalue weighted by atomic mass is 9.82. The van der Waals surface area contributed by atoms with Gasteiger partial charge in [-0.05, 0) is 24.5 Å². The van der Waals surface area contributed by atoms with E-state index < -0.39 is 0 Å². The van der Waals surface area contributed by atoms with Crippen molar-refractivity contribution in [3.63, 3.8) is 0 Å². The normalized spacial score (nSPS) is 29.3. The number of anilines is 1. The molecule has 1 aromatic rings. The number of benzene rings is 1. The van der Waals surface area contributed by atoms with E-state index in [-0.39, 0.29) is 5.92 Å². The van der Waals surface area contributed by atoms with E-state index in [1.807, 2.05) is 12.1 Å². The molecule has 0 radical (unpaired) electrons. The van der Waals surface area contributed by atoms with E-state index in [4.69, 9.17) is 0 Å². The molecule has 2 atom stereocenters. The Morgan fingerprint density at radius 3 is 3.07 bits per heavy atom. The zero-order valence-electron chi connectivity index (χ0n) is 7.99. The third-order valence-electron chi connectivity index (χ3n) is 3.32. The molecule has 2 aliphatic rings. The van der Waals surface area contributed by atoms with Crippen LogP contribution in [0.1, 0.15) is 30.7 Å². The second-order valence-corrected chi connectivity index (χ2v) is 4.17. The molecule has 2 nitrogen and oxygen atoms in total. The van der Waals surface area contributed by atoms with E-state index in [2.05, 4.69) is 17.4 Å². The SMILES string of the molecule is O=C1CCC[C@@H]2Nc3ccccc3[C@H]12. The third-order valence-corrected chi connectivity index (χ3v) is 3.32. The number of hydrogen-bond acceptors (Lipinski definition) is 2. The van der Waals surface area contributed by atoms with Gasteiger partial charge in [0.05, 0.1) is 5.92 Å².